The van der Waals surface area contributed by atoms with Gasteiger partial charge in [0, 0.05) is 11.8 Å². The van der Waals surface area contributed by atoms with Gasteiger partial charge in [0.05, 0.1) is 31.7 Å². The normalized spacial score (nSPS) is 47.0. The van der Waals surface area contributed by atoms with Crippen molar-refractivity contribution in [3.05, 3.63) is 11.8 Å². The molecular weight excluding hydrogens is 364 g/mol. The SMILES string of the molecule is COC(=O)C1=CO[C@@H](O[C@@H]2O[C@H](CO)[C@@H](O)[C@H](O)C2O)[C@@H]2[C@@H](C)[C@@H](O)C[C@H]12. The average Bonchev–Trinajstić information content (AvgIpc) is 2.96. The molecule has 3 aliphatic rings. The van der Waals surface area contributed by atoms with Crippen molar-refractivity contribution in [3.8, 4) is 0 Å². The minimum absolute atomic E-state index is 0.279. The number of fused-ring (bicyclic) bond motifs is 1. The average molecular weight is 390 g/mol. The Hall–Kier alpha value is -1.27. The van der Waals surface area contributed by atoms with Gasteiger partial charge < -0.3 is 44.5 Å². The van der Waals surface area contributed by atoms with E-state index in [4.69, 9.17) is 18.9 Å². The Morgan fingerprint density at radius 3 is 2.52 bits per heavy atom. The van der Waals surface area contributed by atoms with E-state index in [1.807, 2.05) is 0 Å². The molecule has 0 bridgehead atoms. The van der Waals surface area contributed by atoms with E-state index in [0.717, 1.165) is 0 Å². The molecule has 3 rings (SSSR count). The van der Waals surface area contributed by atoms with Gasteiger partial charge in [-0.3, -0.25) is 0 Å². The van der Waals surface area contributed by atoms with Crippen molar-refractivity contribution in [3.63, 3.8) is 0 Å². The first-order valence-corrected chi connectivity index (χ1v) is 8.88. The summed E-state index contributed by atoms with van der Waals surface area (Å²) in [4.78, 5) is 12.0. The highest BCUT2D eigenvalue weighted by atomic mass is 16.8. The predicted molar refractivity (Wildman–Crippen MR) is 86.6 cm³/mol. The zero-order valence-electron chi connectivity index (χ0n) is 15.0. The van der Waals surface area contributed by atoms with Crippen LogP contribution in [0, 0.1) is 17.8 Å². The quantitative estimate of drug-likeness (QED) is 0.336. The standard InChI is InChI=1S/C17H26O10/c1-6-9(19)3-7-8(15(23)24-2)5-25-16(11(6)7)27-17-14(22)13(21)12(20)10(4-18)26-17/h5-7,9-14,16-22H,3-4H2,1-2H3/t6-,7+,9-,10+,11+,12+,13-,14?,16-,17-/m0/s1. The summed E-state index contributed by atoms with van der Waals surface area (Å²) in [7, 11) is 1.25. The molecule has 10 nitrogen and oxygen atoms in total. The third-order valence-corrected chi connectivity index (χ3v) is 5.75. The second kappa shape index (κ2) is 8.00. The predicted octanol–water partition coefficient (Wildman–Crippen LogP) is -2.15. The molecule has 2 fully saturated rings. The number of aliphatic hydroxyl groups is 5. The van der Waals surface area contributed by atoms with Gasteiger partial charge in [-0.15, -0.1) is 0 Å². The maximum atomic E-state index is 12.0. The van der Waals surface area contributed by atoms with Crippen LogP contribution in [-0.2, 0) is 23.7 Å². The summed E-state index contributed by atoms with van der Waals surface area (Å²) in [6, 6.07) is 0. The Bertz CT molecular complexity index is 578. The van der Waals surface area contributed by atoms with Gasteiger partial charge in [-0.05, 0) is 12.3 Å². The summed E-state index contributed by atoms with van der Waals surface area (Å²) in [5, 5.41) is 49.4. The van der Waals surface area contributed by atoms with Gasteiger partial charge in [-0.1, -0.05) is 6.92 Å². The van der Waals surface area contributed by atoms with Crippen molar-refractivity contribution in [2.75, 3.05) is 13.7 Å². The van der Waals surface area contributed by atoms with Crippen molar-refractivity contribution in [2.45, 2.75) is 56.4 Å². The van der Waals surface area contributed by atoms with Crippen molar-refractivity contribution < 1.29 is 49.3 Å². The fourth-order valence-electron chi connectivity index (χ4n) is 4.10. The second-order valence-corrected chi connectivity index (χ2v) is 7.25. The number of aliphatic hydroxyl groups excluding tert-OH is 5. The summed E-state index contributed by atoms with van der Waals surface area (Å²) >= 11 is 0. The smallest absolute Gasteiger partial charge is 0.337 e. The first kappa shape index (κ1) is 20.5. The molecule has 154 valence electrons. The zero-order valence-corrected chi connectivity index (χ0v) is 15.0. The molecule has 0 aromatic heterocycles. The third kappa shape index (κ3) is 3.58. The van der Waals surface area contributed by atoms with Gasteiger partial charge in [0.15, 0.2) is 6.29 Å². The zero-order chi connectivity index (χ0) is 19.9. The van der Waals surface area contributed by atoms with E-state index >= 15 is 0 Å². The van der Waals surface area contributed by atoms with E-state index in [1.54, 1.807) is 6.92 Å². The van der Waals surface area contributed by atoms with Crippen molar-refractivity contribution in [2.24, 2.45) is 17.8 Å². The van der Waals surface area contributed by atoms with Gasteiger partial charge >= 0.3 is 5.97 Å². The van der Waals surface area contributed by atoms with Gasteiger partial charge in [0.1, 0.15) is 24.4 Å². The van der Waals surface area contributed by atoms with Crippen LogP contribution >= 0.6 is 0 Å². The van der Waals surface area contributed by atoms with Gasteiger partial charge in [0.25, 0.3) is 0 Å². The van der Waals surface area contributed by atoms with Gasteiger partial charge in [0.2, 0.25) is 6.29 Å². The highest BCUT2D eigenvalue weighted by molar-refractivity contribution is 5.89. The molecule has 1 unspecified atom stereocenters. The van der Waals surface area contributed by atoms with Crippen LogP contribution in [0.3, 0.4) is 0 Å². The third-order valence-electron chi connectivity index (χ3n) is 5.75. The van der Waals surface area contributed by atoms with Crippen LogP contribution in [0.4, 0.5) is 0 Å². The Morgan fingerprint density at radius 1 is 1.19 bits per heavy atom. The lowest BCUT2D eigenvalue weighted by Crippen LogP contribution is -2.60. The summed E-state index contributed by atoms with van der Waals surface area (Å²) in [6.07, 6.45) is -7.25. The molecule has 0 radical (unpaired) electrons. The van der Waals surface area contributed by atoms with E-state index in [0.29, 0.717) is 12.0 Å². The number of rotatable bonds is 4. The van der Waals surface area contributed by atoms with Crippen molar-refractivity contribution >= 4 is 5.97 Å². The number of ether oxygens (including phenoxy) is 4. The minimum Gasteiger partial charge on any atom is -0.472 e. The number of methoxy groups -OCH3 is 1. The summed E-state index contributed by atoms with van der Waals surface area (Å²) in [5.41, 5.74) is 0.291. The molecule has 0 aromatic carbocycles. The molecule has 27 heavy (non-hydrogen) atoms. The van der Waals surface area contributed by atoms with E-state index in [9.17, 15) is 30.3 Å². The van der Waals surface area contributed by atoms with E-state index in [-0.39, 0.29) is 11.8 Å². The lowest BCUT2D eigenvalue weighted by Gasteiger charge is -2.43. The molecule has 1 saturated carbocycles. The summed E-state index contributed by atoms with van der Waals surface area (Å²) in [5.74, 6) is -1.63. The molecule has 1 aliphatic carbocycles. The number of hydrogen-bond donors (Lipinski definition) is 5. The molecule has 0 aromatic rings. The maximum Gasteiger partial charge on any atom is 0.337 e. The molecule has 0 spiro atoms. The molecule has 2 aliphatic heterocycles. The molecule has 10 heteroatoms. The number of carbonyl (C=O) groups is 1. The second-order valence-electron chi connectivity index (χ2n) is 7.25. The van der Waals surface area contributed by atoms with Crippen LogP contribution in [0.15, 0.2) is 11.8 Å². The van der Waals surface area contributed by atoms with Crippen LogP contribution in [0.2, 0.25) is 0 Å². The lowest BCUT2D eigenvalue weighted by molar-refractivity contribution is -0.342. The summed E-state index contributed by atoms with van der Waals surface area (Å²) in [6.45, 7) is 1.21. The molecule has 5 N–H and O–H groups in total. The first-order chi connectivity index (χ1) is 12.8. The Kier molecular flexibility index (Phi) is 6.06. The fraction of sp³-hybridized carbons (Fsp3) is 0.824. The Balaban J connectivity index is 1.80. The van der Waals surface area contributed by atoms with Gasteiger partial charge in [-0.2, -0.15) is 0 Å². The molecule has 0 amide bonds. The minimum atomic E-state index is -1.58. The van der Waals surface area contributed by atoms with Crippen LogP contribution in [0.5, 0.6) is 0 Å². The highest BCUT2D eigenvalue weighted by Gasteiger charge is 2.53. The van der Waals surface area contributed by atoms with Crippen molar-refractivity contribution in [1.82, 2.24) is 0 Å². The molecular formula is C17H26O10. The summed E-state index contributed by atoms with van der Waals surface area (Å²) < 4.78 is 21.4. The first-order valence-electron chi connectivity index (χ1n) is 8.88. The molecule has 1 saturated heterocycles. The van der Waals surface area contributed by atoms with Crippen LogP contribution in [0.25, 0.3) is 0 Å². The maximum absolute atomic E-state index is 12.0. The van der Waals surface area contributed by atoms with E-state index < -0.39 is 61.6 Å². The van der Waals surface area contributed by atoms with E-state index in [2.05, 4.69) is 0 Å². The molecule has 10 atom stereocenters. The monoisotopic (exact) mass is 390 g/mol. The van der Waals surface area contributed by atoms with Crippen LogP contribution in [0.1, 0.15) is 13.3 Å². The highest BCUT2D eigenvalue weighted by Crippen LogP contribution is 2.47. The Morgan fingerprint density at radius 2 is 1.89 bits per heavy atom. The topological polar surface area (TPSA) is 155 Å². The number of carbonyl (C=O) groups excluding carboxylic acids is 1. The number of hydrogen-bond acceptors (Lipinski definition) is 10. The lowest BCUT2D eigenvalue weighted by atomic mass is 9.83. The Labute approximate surface area is 155 Å². The fourth-order valence-corrected chi connectivity index (χ4v) is 4.10. The van der Waals surface area contributed by atoms with Crippen LogP contribution in [-0.4, -0.2) is 88.3 Å². The van der Waals surface area contributed by atoms with Crippen molar-refractivity contribution in [1.29, 1.82) is 0 Å². The molecule has 2 heterocycles. The number of esters is 1. The largest absolute Gasteiger partial charge is 0.472 e. The van der Waals surface area contributed by atoms with Crippen LogP contribution < -0.4 is 0 Å². The van der Waals surface area contributed by atoms with Gasteiger partial charge in [-0.25, -0.2) is 4.79 Å². The van der Waals surface area contributed by atoms with E-state index in [1.165, 1.54) is 13.4 Å².